The van der Waals surface area contributed by atoms with E-state index in [1.54, 1.807) is 0 Å². The summed E-state index contributed by atoms with van der Waals surface area (Å²) in [7, 11) is 2.02. The van der Waals surface area contributed by atoms with E-state index < -0.39 is 0 Å². The van der Waals surface area contributed by atoms with Crippen molar-refractivity contribution >= 4 is 5.69 Å². The van der Waals surface area contributed by atoms with E-state index in [4.69, 9.17) is 4.74 Å². The maximum Gasteiger partial charge on any atom is 0.0748 e. The first-order valence-electron chi connectivity index (χ1n) is 7.42. The van der Waals surface area contributed by atoms with Crippen LogP contribution in [-0.2, 0) is 4.74 Å². The van der Waals surface area contributed by atoms with Gasteiger partial charge in [-0.3, -0.25) is 0 Å². The summed E-state index contributed by atoms with van der Waals surface area (Å²) in [6.45, 7) is 7.26. The molecule has 1 aliphatic rings. The van der Waals surface area contributed by atoms with Gasteiger partial charge in [-0.05, 0) is 37.6 Å². The van der Waals surface area contributed by atoms with E-state index in [0.29, 0.717) is 12.1 Å². The third-order valence-electron chi connectivity index (χ3n) is 4.01. The lowest BCUT2D eigenvalue weighted by molar-refractivity contribution is 0.0384. The molecule has 3 heteroatoms. The largest absolute Gasteiger partial charge is 0.375 e. The summed E-state index contributed by atoms with van der Waals surface area (Å²) in [6, 6.07) is 9.44. The molecule has 0 radical (unpaired) electrons. The van der Waals surface area contributed by atoms with Gasteiger partial charge in [-0.15, -0.1) is 0 Å². The highest BCUT2D eigenvalue weighted by atomic mass is 16.5. The number of nitrogens with zero attached hydrogens (tertiary/aromatic N) is 1. The molecule has 1 aromatic carbocycles. The lowest BCUT2D eigenvalue weighted by Crippen LogP contribution is -2.42. The van der Waals surface area contributed by atoms with Gasteiger partial charge in [-0.25, -0.2) is 0 Å². The summed E-state index contributed by atoms with van der Waals surface area (Å²) < 4.78 is 5.72. The molecule has 19 heavy (non-hydrogen) atoms. The highest BCUT2D eigenvalue weighted by Gasteiger charge is 2.19. The number of hydrogen-bond donors (Lipinski definition) is 1. The Morgan fingerprint density at radius 3 is 2.63 bits per heavy atom. The maximum absolute atomic E-state index is 5.72. The van der Waals surface area contributed by atoms with Crippen LogP contribution in [0.15, 0.2) is 24.3 Å². The van der Waals surface area contributed by atoms with Crippen LogP contribution in [0.25, 0.3) is 0 Å². The number of rotatable bonds is 5. The van der Waals surface area contributed by atoms with E-state index in [-0.39, 0.29) is 0 Å². The van der Waals surface area contributed by atoms with Crippen molar-refractivity contribution in [1.82, 2.24) is 5.32 Å². The molecule has 2 rings (SSSR count). The molecule has 1 heterocycles. The van der Waals surface area contributed by atoms with E-state index >= 15 is 0 Å². The molecular weight excluding hydrogens is 236 g/mol. The van der Waals surface area contributed by atoms with Crippen molar-refractivity contribution in [3.05, 3.63) is 29.8 Å². The van der Waals surface area contributed by atoms with Crippen molar-refractivity contribution in [2.24, 2.45) is 0 Å². The molecular formula is C16H26N2O. The van der Waals surface area contributed by atoms with Gasteiger partial charge in [0.2, 0.25) is 0 Å². The fraction of sp³-hybridized carbons (Fsp3) is 0.625. The molecule has 0 spiro atoms. The van der Waals surface area contributed by atoms with Gasteiger partial charge in [-0.2, -0.15) is 0 Å². The predicted octanol–water partition coefficient (Wildman–Crippen LogP) is 2.97. The number of nitrogens with one attached hydrogen (secondary N) is 1. The molecule has 1 aromatic rings. The van der Waals surface area contributed by atoms with Gasteiger partial charge in [0, 0.05) is 24.8 Å². The fourth-order valence-electron chi connectivity index (χ4n) is 2.72. The fourth-order valence-corrected chi connectivity index (χ4v) is 2.72. The van der Waals surface area contributed by atoms with Crippen molar-refractivity contribution in [2.75, 3.05) is 31.6 Å². The number of morpholine rings is 1. The Labute approximate surface area is 116 Å². The Balaban J connectivity index is 2.05. The normalized spacial score (nSPS) is 21.4. The number of anilines is 1. The van der Waals surface area contributed by atoms with Gasteiger partial charge in [0.1, 0.15) is 0 Å². The zero-order valence-corrected chi connectivity index (χ0v) is 12.4. The molecule has 3 nitrogen and oxygen atoms in total. The van der Waals surface area contributed by atoms with Crippen LogP contribution in [0.2, 0.25) is 0 Å². The van der Waals surface area contributed by atoms with Crippen LogP contribution in [0.1, 0.15) is 38.3 Å². The molecule has 1 N–H and O–H groups in total. The Bertz CT molecular complexity index is 373. The molecule has 1 fully saturated rings. The minimum atomic E-state index is 0.383. The summed E-state index contributed by atoms with van der Waals surface area (Å²) in [6.07, 6.45) is 2.59. The SMILES string of the molecule is CCC1CN(c2ccc(C(CC)NC)cc2)CCO1. The van der Waals surface area contributed by atoms with Crippen molar-refractivity contribution < 1.29 is 4.74 Å². The zero-order valence-electron chi connectivity index (χ0n) is 12.4. The lowest BCUT2D eigenvalue weighted by atomic mass is 10.0. The zero-order chi connectivity index (χ0) is 13.7. The highest BCUT2D eigenvalue weighted by Crippen LogP contribution is 2.23. The second-order valence-corrected chi connectivity index (χ2v) is 5.19. The first kappa shape index (κ1) is 14.4. The lowest BCUT2D eigenvalue weighted by Gasteiger charge is -2.34. The van der Waals surface area contributed by atoms with E-state index in [1.807, 2.05) is 7.05 Å². The van der Waals surface area contributed by atoms with Crippen LogP contribution >= 0.6 is 0 Å². The summed E-state index contributed by atoms with van der Waals surface area (Å²) in [4.78, 5) is 2.43. The summed E-state index contributed by atoms with van der Waals surface area (Å²) in [5.74, 6) is 0. The quantitative estimate of drug-likeness (QED) is 0.883. The van der Waals surface area contributed by atoms with Crippen LogP contribution in [0.5, 0.6) is 0 Å². The standard InChI is InChI=1S/C16H26N2O/c1-4-15-12-18(10-11-19-15)14-8-6-13(7-9-14)16(5-2)17-3/h6-9,15-17H,4-5,10-12H2,1-3H3. The van der Waals surface area contributed by atoms with Crippen molar-refractivity contribution in [2.45, 2.75) is 38.8 Å². The second kappa shape index (κ2) is 6.92. The van der Waals surface area contributed by atoms with Crippen LogP contribution in [0, 0.1) is 0 Å². The average Bonchev–Trinajstić information content (AvgIpc) is 2.49. The molecule has 2 unspecified atom stereocenters. The van der Waals surface area contributed by atoms with Crippen LogP contribution in [-0.4, -0.2) is 32.8 Å². The van der Waals surface area contributed by atoms with E-state index in [0.717, 1.165) is 32.5 Å². The van der Waals surface area contributed by atoms with Gasteiger partial charge in [-0.1, -0.05) is 26.0 Å². The average molecular weight is 262 g/mol. The van der Waals surface area contributed by atoms with E-state index in [1.165, 1.54) is 11.3 Å². The van der Waals surface area contributed by atoms with Crippen molar-refractivity contribution in [3.63, 3.8) is 0 Å². The molecule has 0 aromatic heterocycles. The number of hydrogen-bond acceptors (Lipinski definition) is 3. The van der Waals surface area contributed by atoms with Gasteiger partial charge in [0.25, 0.3) is 0 Å². The van der Waals surface area contributed by atoms with Gasteiger partial charge in [0.05, 0.1) is 12.7 Å². The molecule has 1 aliphatic heterocycles. The minimum absolute atomic E-state index is 0.383. The highest BCUT2D eigenvalue weighted by molar-refractivity contribution is 5.48. The molecule has 106 valence electrons. The van der Waals surface area contributed by atoms with E-state index in [9.17, 15) is 0 Å². The molecule has 0 saturated carbocycles. The number of ether oxygens (including phenoxy) is 1. The van der Waals surface area contributed by atoms with Crippen molar-refractivity contribution in [1.29, 1.82) is 0 Å². The molecule has 2 atom stereocenters. The Kier molecular flexibility index (Phi) is 5.23. The Morgan fingerprint density at radius 2 is 2.05 bits per heavy atom. The van der Waals surface area contributed by atoms with Gasteiger partial charge in [0.15, 0.2) is 0 Å². The molecule has 1 saturated heterocycles. The topological polar surface area (TPSA) is 24.5 Å². The smallest absolute Gasteiger partial charge is 0.0748 e. The van der Waals surface area contributed by atoms with Crippen LogP contribution in [0.3, 0.4) is 0 Å². The molecule has 0 amide bonds. The summed E-state index contributed by atoms with van der Waals surface area (Å²) in [5, 5.41) is 3.35. The Morgan fingerprint density at radius 1 is 1.32 bits per heavy atom. The minimum Gasteiger partial charge on any atom is -0.375 e. The summed E-state index contributed by atoms with van der Waals surface area (Å²) >= 11 is 0. The third-order valence-corrected chi connectivity index (χ3v) is 4.01. The van der Waals surface area contributed by atoms with E-state index in [2.05, 4.69) is 48.3 Å². The number of benzene rings is 1. The second-order valence-electron chi connectivity index (χ2n) is 5.19. The monoisotopic (exact) mass is 262 g/mol. The molecule has 0 aliphatic carbocycles. The van der Waals surface area contributed by atoms with Crippen molar-refractivity contribution in [3.8, 4) is 0 Å². The summed E-state index contributed by atoms with van der Waals surface area (Å²) in [5.41, 5.74) is 2.69. The Hall–Kier alpha value is -1.06. The predicted molar refractivity (Wildman–Crippen MR) is 80.8 cm³/mol. The van der Waals surface area contributed by atoms with Crippen LogP contribution < -0.4 is 10.2 Å². The first-order chi connectivity index (χ1) is 9.28. The van der Waals surface area contributed by atoms with Gasteiger partial charge >= 0.3 is 0 Å². The third kappa shape index (κ3) is 3.48. The molecule has 0 bridgehead atoms. The maximum atomic E-state index is 5.72. The van der Waals surface area contributed by atoms with Crippen LogP contribution in [0.4, 0.5) is 5.69 Å². The van der Waals surface area contributed by atoms with Gasteiger partial charge < -0.3 is 15.0 Å². The first-order valence-corrected chi connectivity index (χ1v) is 7.42.